The van der Waals surface area contributed by atoms with E-state index in [4.69, 9.17) is 16.7 Å². The number of halogens is 2. The fraction of sp³-hybridized carbons (Fsp3) is 0.125. The number of hydrogen-bond acceptors (Lipinski definition) is 2. The number of phenolic OH excluding ortho intramolecular Hbond substituents is 1. The van der Waals surface area contributed by atoms with Crippen LogP contribution < -0.4 is 0 Å². The first-order valence-electron chi connectivity index (χ1n) is 3.40. The lowest BCUT2D eigenvalue weighted by Gasteiger charge is -2.04. The van der Waals surface area contributed by atoms with E-state index in [0.29, 0.717) is 0 Å². The van der Waals surface area contributed by atoms with Crippen LogP contribution in [0.4, 0.5) is 4.39 Å². The van der Waals surface area contributed by atoms with Crippen LogP contribution in [0.2, 0.25) is 5.02 Å². The number of benzene rings is 1. The molecule has 0 spiro atoms. The summed E-state index contributed by atoms with van der Waals surface area (Å²) in [5, 5.41) is 17.5. The van der Waals surface area contributed by atoms with Crippen molar-refractivity contribution in [3.05, 3.63) is 28.5 Å². The first-order chi connectivity index (χ1) is 6.02. The van der Waals surface area contributed by atoms with Gasteiger partial charge in [-0.1, -0.05) is 11.6 Å². The molecular formula is C8H6ClFO3. The highest BCUT2D eigenvalue weighted by atomic mass is 35.5. The van der Waals surface area contributed by atoms with Gasteiger partial charge < -0.3 is 10.2 Å². The molecule has 0 heterocycles. The molecule has 0 saturated carbocycles. The molecule has 5 heteroatoms. The molecule has 13 heavy (non-hydrogen) atoms. The van der Waals surface area contributed by atoms with E-state index in [1.807, 2.05) is 0 Å². The Morgan fingerprint density at radius 3 is 2.69 bits per heavy atom. The van der Waals surface area contributed by atoms with Gasteiger partial charge in [0.25, 0.3) is 0 Å². The quantitative estimate of drug-likeness (QED) is 0.773. The van der Waals surface area contributed by atoms with Crippen molar-refractivity contribution in [3.63, 3.8) is 0 Å². The smallest absolute Gasteiger partial charge is 0.308 e. The van der Waals surface area contributed by atoms with Crippen molar-refractivity contribution < 1.29 is 19.4 Å². The van der Waals surface area contributed by atoms with Crippen LogP contribution in [-0.2, 0) is 11.2 Å². The Hall–Kier alpha value is -1.29. The lowest BCUT2D eigenvalue weighted by molar-refractivity contribution is -0.136. The zero-order valence-corrected chi connectivity index (χ0v) is 7.18. The van der Waals surface area contributed by atoms with Crippen LogP contribution in [-0.4, -0.2) is 16.2 Å². The molecule has 1 aromatic carbocycles. The molecule has 0 saturated heterocycles. The number of phenols is 1. The Morgan fingerprint density at radius 2 is 2.15 bits per heavy atom. The normalized spacial score (nSPS) is 10.0. The predicted molar refractivity (Wildman–Crippen MR) is 44.4 cm³/mol. The van der Waals surface area contributed by atoms with Crippen molar-refractivity contribution >= 4 is 17.6 Å². The molecule has 2 N–H and O–H groups in total. The second-order valence-electron chi connectivity index (χ2n) is 2.43. The summed E-state index contributed by atoms with van der Waals surface area (Å²) in [5.41, 5.74) is -0.292. The minimum absolute atomic E-state index is 0.0577. The lowest BCUT2D eigenvalue weighted by atomic mass is 10.1. The minimum atomic E-state index is -1.23. The molecule has 0 fully saturated rings. The van der Waals surface area contributed by atoms with Crippen LogP contribution in [0.1, 0.15) is 5.56 Å². The van der Waals surface area contributed by atoms with Crippen LogP contribution in [0.15, 0.2) is 12.1 Å². The Bertz CT molecular complexity index is 351. The number of carboxylic acids is 1. The molecule has 1 rings (SSSR count). The van der Waals surface area contributed by atoms with Gasteiger partial charge in [-0.3, -0.25) is 4.79 Å². The summed E-state index contributed by atoms with van der Waals surface area (Å²) < 4.78 is 12.9. The standard InChI is InChI=1S/C8H6ClFO3/c9-5-1-2-6(10)4(8(5)13)3-7(11)12/h1-2,13H,3H2,(H,11,12). The van der Waals surface area contributed by atoms with Gasteiger partial charge in [0.15, 0.2) is 0 Å². The van der Waals surface area contributed by atoms with Gasteiger partial charge in [0, 0.05) is 5.56 Å². The molecule has 0 radical (unpaired) electrons. The Kier molecular flexibility index (Phi) is 2.72. The van der Waals surface area contributed by atoms with Gasteiger partial charge in [-0.15, -0.1) is 0 Å². The van der Waals surface area contributed by atoms with E-state index in [9.17, 15) is 14.3 Å². The topological polar surface area (TPSA) is 57.5 Å². The highest BCUT2D eigenvalue weighted by Gasteiger charge is 2.14. The summed E-state index contributed by atoms with van der Waals surface area (Å²) in [6.45, 7) is 0. The van der Waals surface area contributed by atoms with E-state index < -0.39 is 24.0 Å². The van der Waals surface area contributed by atoms with E-state index in [0.717, 1.165) is 12.1 Å². The van der Waals surface area contributed by atoms with Crippen molar-refractivity contribution in [1.29, 1.82) is 0 Å². The van der Waals surface area contributed by atoms with Crippen LogP contribution in [0, 0.1) is 5.82 Å². The molecule has 0 atom stereocenters. The van der Waals surface area contributed by atoms with Crippen molar-refractivity contribution in [1.82, 2.24) is 0 Å². The average molecular weight is 205 g/mol. The highest BCUT2D eigenvalue weighted by Crippen LogP contribution is 2.29. The predicted octanol–water partition coefficient (Wildman–Crippen LogP) is 1.81. The monoisotopic (exact) mass is 204 g/mol. The number of hydrogen-bond donors (Lipinski definition) is 2. The van der Waals surface area contributed by atoms with Gasteiger partial charge in [0.2, 0.25) is 0 Å². The van der Waals surface area contributed by atoms with E-state index in [1.54, 1.807) is 0 Å². The van der Waals surface area contributed by atoms with Crippen molar-refractivity contribution in [2.24, 2.45) is 0 Å². The Morgan fingerprint density at radius 1 is 1.54 bits per heavy atom. The van der Waals surface area contributed by atoms with Gasteiger partial charge in [-0.25, -0.2) is 4.39 Å². The van der Waals surface area contributed by atoms with E-state index in [-0.39, 0.29) is 10.6 Å². The molecule has 3 nitrogen and oxygen atoms in total. The number of aliphatic carboxylic acids is 1. The summed E-state index contributed by atoms with van der Waals surface area (Å²) in [4.78, 5) is 10.3. The van der Waals surface area contributed by atoms with Gasteiger partial charge in [-0.05, 0) is 12.1 Å². The molecular weight excluding hydrogens is 199 g/mol. The first kappa shape index (κ1) is 9.80. The summed E-state index contributed by atoms with van der Waals surface area (Å²) in [7, 11) is 0. The van der Waals surface area contributed by atoms with Gasteiger partial charge in [-0.2, -0.15) is 0 Å². The fourth-order valence-electron chi connectivity index (χ4n) is 0.902. The van der Waals surface area contributed by atoms with Crippen LogP contribution in [0.3, 0.4) is 0 Å². The summed E-state index contributed by atoms with van der Waals surface area (Å²) in [5.74, 6) is -2.51. The zero-order chi connectivity index (χ0) is 10.0. The Labute approximate surface area is 78.4 Å². The average Bonchev–Trinajstić information content (AvgIpc) is 2.05. The lowest BCUT2D eigenvalue weighted by Crippen LogP contribution is -2.02. The molecule has 0 aliphatic rings. The van der Waals surface area contributed by atoms with Crippen molar-refractivity contribution in [3.8, 4) is 5.75 Å². The summed E-state index contributed by atoms with van der Waals surface area (Å²) >= 11 is 5.46. The summed E-state index contributed by atoms with van der Waals surface area (Å²) in [6, 6.07) is 2.18. The van der Waals surface area contributed by atoms with Gasteiger partial charge >= 0.3 is 5.97 Å². The molecule has 0 aliphatic heterocycles. The van der Waals surface area contributed by atoms with E-state index >= 15 is 0 Å². The third kappa shape index (κ3) is 2.09. The maximum atomic E-state index is 12.9. The molecule has 70 valence electrons. The molecule has 0 unspecified atom stereocenters. The van der Waals surface area contributed by atoms with Gasteiger partial charge in [0.05, 0.1) is 11.4 Å². The van der Waals surface area contributed by atoms with Crippen LogP contribution in [0.5, 0.6) is 5.75 Å². The third-order valence-electron chi connectivity index (χ3n) is 1.50. The van der Waals surface area contributed by atoms with Crippen LogP contribution in [0.25, 0.3) is 0 Å². The fourth-order valence-corrected chi connectivity index (χ4v) is 1.08. The second kappa shape index (κ2) is 3.62. The maximum absolute atomic E-state index is 12.9. The maximum Gasteiger partial charge on any atom is 0.308 e. The number of carbonyl (C=O) groups is 1. The van der Waals surface area contributed by atoms with Crippen molar-refractivity contribution in [2.75, 3.05) is 0 Å². The number of carboxylic acid groups (broad SMARTS) is 1. The largest absolute Gasteiger partial charge is 0.506 e. The first-order valence-corrected chi connectivity index (χ1v) is 3.78. The molecule has 1 aromatic rings. The molecule has 0 aromatic heterocycles. The SMILES string of the molecule is O=C(O)Cc1c(F)ccc(Cl)c1O. The van der Waals surface area contributed by atoms with Crippen LogP contribution >= 0.6 is 11.6 Å². The summed E-state index contributed by atoms with van der Waals surface area (Å²) in [6.07, 6.45) is -0.585. The molecule has 0 aliphatic carbocycles. The second-order valence-corrected chi connectivity index (χ2v) is 2.83. The van der Waals surface area contributed by atoms with E-state index in [1.165, 1.54) is 0 Å². The zero-order valence-electron chi connectivity index (χ0n) is 6.42. The van der Waals surface area contributed by atoms with E-state index in [2.05, 4.69) is 0 Å². The molecule has 0 amide bonds. The highest BCUT2D eigenvalue weighted by molar-refractivity contribution is 6.32. The number of rotatable bonds is 2. The Balaban J connectivity index is 3.17. The third-order valence-corrected chi connectivity index (χ3v) is 1.81. The molecule has 0 bridgehead atoms. The van der Waals surface area contributed by atoms with Crippen molar-refractivity contribution in [2.45, 2.75) is 6.42 Å². The van der Waals surface area contributed by atoms with Gasteiger partial charge in [0.1, 0.15) is 11.6 Å². The minimum Gasteiger partial charge on any atom is -0.506 e. The number of aromatic hydroxyl groups is 1.